The van der Waals surface area contributed by atoms with Crippen LogP contribution in [0.1, 0.15) is 24.5 Å². The largest absolute Gasteiger partial charge is 0.479 e. The second-order valence-corrected chi connectivity index (χ2v) is 10.5. The molecule has 0 aliphatic heterocycles. The first kappa shape index (κ1) is 27.9. The van der Waals surface area contributed by atoms with Crippen molar-refractivity contribution in [1.29, 1.82) is 0 Å². The van der Waals surface area contributed by atoms with Crippen LogP contribution in [0.5, 0.6) is 5.75 Å². The minimum Gasteiger partial charge on any atom is -0.479 e. The van der Waals surface area contributed by atoms with Crippen molar-refractivity contribution in [2.75, 3.05) is 7.05 Å². The van der Waals surface area contributed by atoms with Crippen LogP contribution in [0.2, 0.25) is 0 Å². The number of ether oxygens (including phenoxy) is 1. The molecule has 0 heterocycles. The lowest BCUT2D eigenvalue weighted by molar-refractivity contribution is -0.144. The zero-order valence-electron chi connectivity index (χ0n) is 20.2. The van der Waals surface area contributed by atoms with Crippen LogP contribution in [-0.2, 0) is 27.3 Å². The van der Waals surface area contributed by atoms with Crippen molar-refractivity contribution in [1.82, 2.24) is 4.31 Å². The minimum absolute atomic E-state index is 0.0935. The normalized spacial score (nSPS) is 12.8. The summed E-state index contributed by atoms with van der Waals surface area (Å²) in [5.41, 5.74) is 0.875. The zero-order valence-corrected chi connectivity index (χ0v) is 21.0. The summed E-state index contributed by atoms with van der Waals surface area (Å²) < 4.78 is 74.9. The number of carboxylic acid groups (broad SMARTS) is 1. The smallest absolute Gasteiger partial charge is 0.344 e. The van der Waals surface area contributed by atoms with Crippen LogP contribution in [0.25, 0.3) is 11.1 Å². The zero-order chi connectivity index (χ0) is 27.4. The molecule has 3 aromatic carbocycles. The third-order valence-corrected chi connectivity index (χ3v) is 7.44. The number of halogens is 3. The molecule has 3 aromatic rings. The molecular formula is C27H26F3NO5S. The highest BCUT2D eigenvalue weighted by molar-refractivity contribution is 7.89. The summed E-state index contributed by atoms with van der Waals surface area (Å²) in [6, 6.07) is 14.6. The van der Waals surface area contributed by atoms with Gasteiger partial charge < -0.3 is 9.84 Å². The number of alkyl halides is 2. The van der Waals surface area contributed by atoms with Crippen LogP contribution in [-0.4, -0.2) is 37.0 Å². The van der Waals surface area contributed by atoms with Gasteiger partial charge in [0.1, 0.15) is 11.6 Å². The maximum Gasteiger partial charge on any atom is 0.344 e. The molecule has 0 amide bonds. The third-order valence-electron chi connectivity index (χ3n) is 5.62. The minimum atomic E-state index is -3.96. The number of hydrogen-bond acceptors (Lipinski definition) is 4. The van der Waals surface area contributed by atoms with Gasteiger partial charge in [-0.25, -0.2) is 26.4 Å². The molecule has 0 saturated carbocycles. The first-order valence-corrected chi connectivity index (χ1v) is 12.6. The van der Waals surface area contributed by atoms with E-state index in [-0.39, 0.29) is 22.8 Å². The number of carboxylic acids is 1. The predicted molar refractivity (Wildman–Crippen MR) is 133 cm³/mol. The van der Waals surface area contributed by atoms with Crippen molar-refractivity contribution >= 4 is 16.0 Å². The number of rotatable bonds is 11. The molecule has 1 atom stereocenters. The Balaban J connectivity index is 2.03. The lowest BCUT2D eigenvalue weighted by Gasteiger charge is -2.20. The van der Waals surface area contributed by atoms with E-state index in [2.05, 4.69) is 6.58 Å². The maximum absolute atomic E-state index is 14.6. The van der Waals surface area contributed by atoms with Gasteiger partial charge in [-0.3, -0.25) is 0 Å². The summed E-state index contributed by atoms with van der Waals surface area (Å²) in [5.74, 6) is -4.83. The monoisotopic (exact) mass is 533 g/mol. The summed E-state index contributed by atoms with van der Waals surface area (Å²) in [5, 5.41) is 9.27. The standard InChI is InChI=1S/C27H26F3NO5S/c1-4-14-27(29,30)21-7-5-6-20(16-21)24-15-19(8-13-25(24)36-18(2)26(32)33)17-31(3)37(34,35)23-11-9-22(28)10-12-23/h4-13,15-16,18H,1,14,17H2,2-3H3,(H,32,33)/t18-/m1/s1. The van der Waals surface area contributed by atoms with Gasteiger partial charge >= 0.3 is 5.97 Å². The van der Waals surface area contributed by atoms with E-state index in [1.54, 1.807) is 18.2 Å². The molecule has 0 saturated heterocycles. The molecule has 0 aliphatic carbocycles. The quantitative estimate of drug-likeness (QED) is 0.314. The van der Waals surface area contributed by atoms with Crippen molar-refractivity contribution in [3.63, 3.8) is 0 Å². The predicted octanol–water partition coefficient (Wildman–Crippen LogP) is 5.83. The molecule has 0 radical (unpaired) electrons. The molecule has 0 aromatic heterocycles. The Morgan fingerprint density at radius 3 is 2.43 bits per heavy atom. The fourth-order valence-electron chi connectivity index (χ4n) is 3.59. The number of nitrogens with zero attached hydrogens (tertiary/aromatic N) is 1. The molecule has 10 heteroatoms. The van der Waals surface area contributed by atoms with Crippen LogP contribution < -0.4 is 4.74 Å². The molecule has 3 rings (SSSR count). The van der Waals surface area contributed by atoms with E-state index in [0.717, 1.165) is 34.6 Å². The average molecular weight is 534 g/mol. The lowest BCUT2D eigenvalue weighted by Crippen LogP contribution is -2.26. The van der Waals surface area contributed by atoms with Crippen LogP contribution in [0.3, 0.4) is 0 Å². The summed E-state index contributed by atoms with van der Waals surface area (Å²) in [4.78, 5) is 11.3. The van der Waals surface area contributed by atoms with Gasteiger partial charge in [-0.2, -0.15) is 4.31 Å². The summed E-state index contributed by atoms with van der Waals surface area (Å²) >= 11 is 0. The van der Waals surface area contributed by atoms with E-state index < -0.39 is 40.3 Å². The summed E-state index contributed by atoms with van der Waals surface area (Å²) in [6.07, 6.45) is -0.674. The molecular weight excluding hydrogens is 507 g/mol. The van der Waals surface area contributed by atoms with Gasteiger partial charge in [0.2, 0.25) is 10.0 Å². The fourth-order valence-corrected chi connectivity index (χ4v) is 4.75. The number of carbonyl (C=O) groups is 1. The van der Waals surface area contributed by atoms with Crippen LogP contribution in [0.15, 0.2) is 84.3 Å². The van der Waals surface area contributed by atoms with E-state index >= 15 is 0 Å². The van der Waals surface area contributed by atoms with Crippen LogP contribution in [0.4, 0.5) is 13.2 Å². The van der Waals surface area contributed by atoms with Gasteiger partial charge in [-0.05, 0) is 60.5 Å². The first-order valence-electron chi connectivity index (χ1n) is 11.2. The Hall–Kier alpha value is -3.63. The molecule has 0 spiro atoms. The van der Waals surface area contributed by atoms with E-state index in [9.17, 15) is 31.5 Å². The Kier molecular flexibility index (Phi) is 8.45. The highest BCUT2D eigenvalue weighted by Crippen LogP contribution is 2.37. The van der Waals surface area contributed by atoms with Gasteiger partial charge in [-0.15, -0.1) is 6.58 Å². The van der Waals surface area contributed by atoms with Gasteiger partial charge in [-0.1, -0.05) is 30.3 Å². The van der Waals surface area contributed by atoms with Crippen LogP contribution >= 0.6 is 0 Å². The Morgan fingerprint density at radius 2 is 1.81 bits per heavy atom. The number of allylic oxidation sites excluding steroid dienone is 1. The summed E-state index contributed by atoms with van der Waals surface area (Å²) in [7, 11) is -2.60. The molecule has 0 fully saturated rings. The molecule has 0 unspecified atom stereocenters. The van der Waals surface area contributed by atoms with Crippen molar-refractivity contribution in [2.45, 2.75) is 36.8 Å². The Morgan fingerprint density at radius 1 is 1.14 bits per heavy atom. The highest BCUT2D eigenvalue weighted by atomic mass is 32.2. The van der Waals surface area contributed by atoms with Crippen molar-refractivity contribution in [3.05, 3.63) is 96.3 Å². The average Bonchev–Trinajstić information content (AvgIpc) is 2.85. The number of sulfonamides is 1. The van der Waals surface area contributed by atoms with Gasteiger partial charge in [0, 0.05) is 31.1 Å². The second-order valence-electron chi connectivity index (χ2n) is 8.42. The Labute approximate surface area is 213 Å². The van der Waals surface area contributed by atoms with Crippen molar-refractivity contribution < 1.29 is 36.2 Å². The van der Waals surface area contributed by atoms with Crippen molar-refractivity contribution in [3.8, 4) is 16.9 Å². The van der Waals surface area contributed by atoms with Gasteiger partial charge in [0.05, 0.1) is 4.90 Å². The molecule has 1 N–H and O–H groups in total. The summed E-state index contributed by atoms with van der Waals surface area (Å²) in [6.45, 7) is 4.60. The van der Waals surface area contributed by atoms with E-state index in [4.69, 9.17) is 4.74 Å². The molecule has 0 bridgehead atoms. The molecule has 6 nitrogen and oxygen atoms in total. The molecule has 196 valence electrons. The Bertz CT molecular complexity index is 1390. The molecule has 0 aliphatic rings. The van der Waals surface area contributed by atoms with E-state index in [1.807, 2.05) is 0 Å². The fraction of sp³-hybridized carbons (Fsp3) is 0.222. The lowest BCUT2D eigenvalue weighted by atomic mass is 9.97. The number of aliphatic carboxylic acids is 1. The number of hydrogen-bond donors (Lipinski definition) is 1. The van der Waals surface area contributed by atoms with Gasteiger partial charge in [0.25, 0.3) is 5.92 Å². The number of benzene rings is 3. The maximum atomic E-state index is 14.6. The second kappa shape index (κ2) is 11.2. The van der Waals surface area contributed by atoms with E-state index in [1.165, 1.54) is 38.2 Å². The van der Waals surface area contributed by atoms with Gasteiger partial charge in [0.15, 0.2) is 6.10 Å². The first-order chi connectivity index (χ1) is 17.3. The van der Waals surface area contributed by atoms with Crippen LogP contribution in [0, 0.1) is 5.82 Å². The SMILES string of the molecule is C=CCC(F)(F)c1cccc(-c2cc(CN(C)S(=O)(=O)c3ccc(F)cc3)ccc2O[C@H](C)C(=O)O)c1. The topological polar surface area (TPSA) is 83.9 Å². The third kappa shape index (κ3) is 6.58. The van der Waals surface area contributed by atoms with Crippen molar-refractivity contribution in [2.24, 2.45) is 0 Å². The molecule has 37 heavy (non-hydrogen) atoms. The highest BCUT2D eigenvalue weighted by Gasteiger charge is 2.30. The van der Waals surface area contributed by atoms with E-state index in [0.29, 0.717) is 16.7 Å².